The monoisotopic (exact) mass is 382 g/mol. The van der Waals surface area contributed by atoms with Gasteiger partial charge in [-0.15, -0.1) is 0 Å². The lowest BCUT2D eigenvalue weighted by molar-refractivity contribution is 1.31. The first kappa shape index (κ1) is 18.6. The Hall–Kier alpha value is -2.78. The molecule has 3 heteroatoms. The van der Waals surface area contributed by atoms with Gasteiger partial charge in [-0.1, -0.05) is 60.2 Å². The third-order valence-electron chi connectivity index (χ3n) is 5.13. The van der Waals surface area contributed by atoms with Crippen molar-refractivity contribution in [1.82, 2.24) is 9.97 Å². The minimum absolute atomic E-state index is 0.994. The molecule has 2 nitrogen and oxygen atoms in total. The van der Waals surface area contributed by atoms with Crippen molar-refractivity contribution in [3.8, 4) is 22.5 Å². The topological polar surface area (TPSA) is 25.8 Å². The highest BCUT2D eigenvalue weighted by Crippen LogP contribution is 2.31. The molecule has 0 unspecified atom stereocenters. The fourth-order valence-electron chi connectivity index (χ4n) is 3.70. The second-order valence-electron chi connectivity index (χ2n) is 8.63. The quantitative estimate of drug-likeness (QED) is 0.399. The first-order valence-corrected chi connectivity index (χ1v) is 13.3. The summed E-state index contributed by atoms with van der Waals surface area (Å²) in [6.45, 7) is 11.4. The fraction of sp³-hybridized carbons (Fsp3) is 0.200. The third kappa shape index (κ3) is 3.63. The van der Waals surface area contributed by atoms with Crippen LogP contribution >= 0.6 is 0 Å². The molecule has 2 aromatic heterocycles. The normalized spacial score (nSPS) is 11.8. The van der Waals surface area contributed by atoms with Gasteiger partial charge in [0.05, 0.1) is 25.0 Å². The molecule has 0 fully saturated rings. The summed E-state index contributed by atoms with van der Waals surface area (Å²) in [4.78, 5) is 9.67. The average molecular weight is 383 g/mol. The van der Waals surface area contributed by atoms with Crippen molar-refractivity contribution in [2.45, 2.75) is 33.5 Å². The molecule has 0 radical (unpaired) electrons. The molecule has 0 atom stereocenters. The molecule has 0 spiro atoms. The highest BCUT2D eigenvalue weighted by Gasteiger charge is 2.18. The van der Waals surface area contributed by atoms with Crippen molar-refractivity contribution in [2.24, 2.45) is 0 Å². The number of rotatable bonds is 3. The Morgan fingerprint density at radius 3 is 2.14 bits per heavy atom. The van der Waals surface area contributed by atoms with Gasteiger partial charge >= 0.3 is 0 Å². The Morgan fingerprint density at radius 1 is 0.750 bits per heavy atom. The molecule has 0 aliphatic carbocycles. The summed E-state index contributed by atoms with van der Waals surface area (Å²) in [6.07, 6.45) is 1.86. The van der Waals surface area contributed by atoms with Crippen LogP contribution in [-0.2, 0) is 0 Å². The van der Waals surface area contributed by atoms with Gasteiger partial charge in [0.2, 0.25) is 0 Å². The molecule has 0 N–H and O–H groups in total. The van der Waals surface area contributed by atoms with E-state index in [0.29, 0.717) is 0 Å². The number of aryl methyl sites for hydroxylation is 2. The largest absolute Gasteiger partial charge is 0.256 e. The van der Waals surface area contributed by atoms with Gasteiger partial charge in [0.25, 0.3) is 0 Å². The lowest BCUT2D eigenvalue weighted by Gasteiger charge is -2.18. The van der Waals surface area contributed by atoms with Gasteiger partial charge in [0, 0.05) is 22.7 Å². The Morgan fingerprint density at radius 2 is 1.50 bits per heavy atom. The van der Waals surface area contributed by atoms with Crippen molar-refractivity contribution < 1.29 is 0 Å². The predicted octanol–water partition coefficient (Wildman–Crippen LogP) is 6.13. The molecule has 0 saturated heterocycles. The van der Waals surface area contributed by atoms with Gasteiger partial charge in [-0.05, 0) is 50.2 Å². The summed E-state index contributed by atoms with van der Waals surface area (Å²) in [7, 11) is -1.42. The first-order chi connectivity index (χ1) is 13.3. The number of hydrogen-bond donors (Lipinski definition) is 0. The lowest BCUT2D eigenvalue weighted by atomic mass is 9.99. The highest BCUT2D eigenvalue weighted by atomic mass is 28.3. The molecule has 0 aliphatic heterocycles. The van der Waals surface area contributed by atoms with Crippen LogP contribution in [-0.4, -0.2) is 18.0 Å². The van der Waals surface area contributed by atoms with E-state index in [-0.39, 0.29) is 0 Å². The van der Waals surface area contributed by atoms with E-state index in [4.69, 9.17) is 4.98 Å². The fourth-order valence-corrected chi connectivity index (χ4v) is 4.86. The van der Waals surface area contributed by atoms with Crippen LogP contribution in [0.15, 0.2) is 66.9 Å². The summed E-state index contributed by atoms with van der Waals surface area (Å²) >= 11 is 0. The SMILES string of the molecule is Cc1cc(C)cc(-c2cc(-c3ccccn3)c3cc([Si](C)(C)C)ccc3n2)c1. The standard InChI is InChI=1S/C25H26N2Si/c1-17-12-18(2)14-19(13-17)25-16-22(23-8-6-7-11-26-23)21-15-20(28(3,4)5)9-10-24(21)27-25/h6-16H,1-5H3. The zero-order valence-corrected chi connectivity index (χ0v) is 18.2. The molecular formula is C25H26N2Si. The molecule has 0 amide bonds. The molecule has 4 aromatic rings. The van der Waals surface area contributed by atoms with Gasteiger partial charge in [-0.2, -0.15) is 0 Å². The van der Waals surface area contributed by atoms with Gasteiger partial charge < -0.3 is 0 Å². The Bertz CT molecular complexity index is 1140. The van der Waals surface area contributed by atoms with E-state index in [2.05, 4.69) is 87.0 Å². The van der Waals surface area contributed by atoms with Crippen molar-refractivity contribution in [3.05, 3.63) is 78.0 Å². The first-order valence-electron chi connectivity index (χ1n) is 9.77. The summed E-state index contributed by atoms with van der Waals surface area (Å²) in [5, 5.41) is 2.63. The molecule has 28 heavy (non-hydrogen) atoms. The van der Waals surface area contributed by atoms with Crippen molar-refractivity contribution in [3.63, 3.8) is 0 Å². The van der Waals surface area contributed by atoms with Crippen molar-refractivity contribution >= 4 is 24.2 Å². The molecular weight excluding hydrogens is 356 g/mol. The third-order valence-corrected chi connectivity index (χ3v) is 7.18. The molecule has 4 rings (SSSR count). The maximum Gasteiger partial charge on any atom is 0.0776 e. The van der Waals surface area contributed by atoms with Crippen LogP contribution in [0.3, 0.4) is 0 Å². The van der Waals surface area contributed by atoms with E-state index >= 15 is 0 Å². The van der Waals surface area contributed by atoms with Crippen molar-refractivity contribution in [2.75, 3.05) is 0 Å². The van der Waals surface area contributed by atoms with E-state index in [9.17, 15) is 0 Å². The number of benzene rings is 2. The number of pyridine rings is 2. The summed E-state index contributed by atoms with van der Waals surface area (Å²) in [6, 6.07) is 21.7. The van der Waals surface area contributed by atoms with Crippen LogP contribution in [0, 0.1) is 13.8 Å². The summed E-state index contributed by atoms with van der Waals surface area (Å²) in [5.41, 5.74) is 7.84. The van der Waals surface area contributed by atoms with Crippen LogP contribution in [0.2, 0.25) is 19.6 Å². The van der Waals surface area contributed by atoms with Crippen LogP contribution in [0.4, 0.5) is 0 Å². The predicted molar refractivity (Wildman–Crippen MR) is 123 cm³/mol. The highest BCUT2D eigenvalue weighted by molar-refractivity contribution is 6.88. The maximum atomic E-state index is 5.02. The van der Waals surface area contributed by atoms with E-state index in [1.54, 1.807) is 0 Å². The lowest BCUT2D eigenvalue weighted by Crippen LogP contribution is -2.37. The van der Waals surface area contributed by atoms with E-state index < -0.39 is 8.07 Å². The van der Waals surface area contributed by atoms with Crippen LogP contribution in [0.5, 0.6) is 0 Å². The molecule has 0 aliphatic rings. The van der Waals surface area contributed by atoms with E-state index in [0.717, 1.165) is 28.0 Å². The van der Waals surface area contributed by atoms with Crippen LogP contribution in [0.25, 0.3) is 33.4 Å². The summed E-state index contributed by atoms with van der Waals surface area (Å²) < 4.78 is 0. The van der Waals surface area contributed by atoms with Gasteiger partial charge in [0.15, 0.2) is 0 Å². The van der Waals surface area contributed by atoms with E-state index in [1.807, 2.05) is 18.3 Å². The average Bonchev–Trinajstić information content (AvgIpc) is 2.66. The molecule has 140 valence electrons. The Kier molecular flexibility index (Phi) is 4.64. The molecule has 0 saturated carbocycles. The summed E-state index contributed by atoms with van der Waals surface area (Å²) in [5.74, 6) is 0. The smallest absolute Gasteiger partial charge is 0.0776 e. The van der Waals surface area contributed by atoms with Gasteiger partial charge in [0.1, 0.15) is 0 Å². The zero-order valence-electron chi connectivity index (χ0n) is 17.2. The molecule has 2 heterocycles. The van der Waals surface area contributed by atoms with Crippen molar-refractivity contribution in [1.29, 1.82) is 0 Å². The zero-order chi connectivity index (χ0) is 19.9. The van der Waals surface area contributed by atoms with E-state index in [1.165, 1.54) is 21.7 Å². The molecule has 0 bridgehead atoms. The second-order valence-corrected chi connectivity index (χ2v) is 13.7. The van der Waals surface area contributed by atoms with Gasteiger partial charge in [-0.3, -0.25) is 4.98 Å². The minimum atomic E-state index is -1.42. The number of fused-ring (bicyclic) bond motifs is 1. The Labute approximate surface area is 168 Å². The number of aromatic nitrogens is 2. The molecule has 2 aromatic carbocycles. The van der Waals surface area contributed by atoms with Crippen LogP contribution in [0.1, 0.15) is 11.1 Å². The minimum Gasteiger partial charge on any atom is -0.256 e. The maximum absolute atomic E-state index is 5.02. The second kappa shape index (κ2) is 6.99. The number of hydrogen-bond acceptors (Lipinski definition) is 2. The Balaban J connectivity index is 2.02. The van der Waals surface area contributed by atoms with Crippen LogP contribution < -0.4 is 5.19 Å². The number of nitrogens with zero attached hydrogens (tertiary/aromatic N) is 2. The van der Waals surface area contributed by atoms with Gasteiger partial charge in [-0.25, -0.2) is 4.98 Å².